The van der Waals surface area contributed by atoms with E-state index in [-0.39, 0.29) is 17.8 Å². The second kappa shape index (κ2) is 8.48. The van der Waals surface area contributed by atoms with Crippen LogP contribution in [0, 0.1) is 5.92 Å². The highest BCUT2D eigenvalue weighted by Gasteiger charge is 2.28. The fourth-order valence-electron chi connectivity index (χ4n) is 3.71. The summed E-state index contributed by atoms with van der Waals surface area (Å²) in [6, 6.07) is 8.00. The van der Waals surface area contributed by atoms with Crippen LogP contribution in [-0.2, 0) is 16.1 Å². The van der Waals surface area contributed by atoms with Crippen molar-refractivity contribution in [3.8, 4) is 0 Å². The molecule has 5 heteroatoms. The van der Waals surface area contributed by atoms with Gasteiger partial charge in [0.1, 0.15) is 0 Å². The summed E-state index contributed by atoms with van der Waals surface area (Å²) in [7, 11) is 0. The number of carbonyl (C=O) groups excluding carboxylic acids is 2. The quantitative estimate of drug-likeness (QED) is 0.771. The lowest BCUT2D eigenvalue weighted by Crippen LogP contribution is -2.40. The van der Waals surface area contributed by atoms with Crippen molar-refractivity contribution in [2.24, 2.45) is 5.92 Å². The Balaban J connectivity index is 1.52. The molecule has 2 heterocycles. The van der Waals surface area contributed by atoms with Gasteiger partial charge in [-0.2, -0.15) is 0 Å². The maximum Gasteiger partial charge on any atom is 0.309 e. The van der Waals surface area contributed by atoms with Crippen molar-refractivity contribution in [1.29, 1.82) is 0 Å². The number of rotatable bonds is 5. The van der Waals surface area contributed by atoms with Crippen LogP contribution >= 0.6 is 0 Å². The predicted molar refractivity (Wildman–Crippen MR) is 96.2 cm³/mol. The first-order valence-corrected chi connectivity index (χ1v) is 9.44. The highest BCUT2D eigenvalue weighted by atomic mass is 16.5. The lowest BCUT2D eigenvalue weighted by molar-refractivity contribution is -0.149. The van der Waals surface area contributed by atoms with Gasteiger partial charge in [-0.25, -0.2) is 0 Å². The second-order valence-corrected chi connectivity index (χ2v) is 7.00. The molecule has 0 saturated carbocycles. The summed E-state index contributed by atoms with van der Waals surface area (Å²) in [5.74, 6) is -0.122. The van der Waals surface area contributed by atoms with E-state index >= 15 is 0 Å². The first kappa shape index (κ1) is 17.9. The first-order valence-electron chi connectivity index (χ1n) is 9.44. The lowest BCUT2D eigenvalue weighted by atomic mass is 9.96. The van der Waals surface area contributed by atoms with E-state index in [9.17, 15) is 9.59 Å². The molecule has 2 aliphatic heterocycles. The highest BCUT2D eigenvalue weighted by molar-refractivity contribution is 5.94. The molecule has 1 aromatic carbocycles. The number of benzene rings is 1. The number of piperidine rings is 1. The summed E-state index contributed by atoms with van der Waals surface area (Å²) in [4.78, 5) is 28.8. The van der Waals surface area contributed by atoms with Gasteiger partial charge in [0, 0.05) is 25.2 Å². The number of carbonyl (C=O) groups is 2. The third-order valence-corrected chi connectivity index (χ3v) is 5.21. The van der Waals surface area contributed by atoms with Gasteiger partial charge in [0.2, 0.25) is 0 Å². The molecule has 0 bridgehead atoms. The molecular weight excluding hydrogens is 316 g/mol. The van der Waals surface area contributed by atoms with Crippen LogP contribution in [0.3, 0.4) is 0 Å². The van der Waals surface area contributed by atoms with Gasteiger partial charge >= 0.3 is 5.97 Å². The van der Waals surface area contributed by atoms with Gasteiger partial charge in [-0.3, -0.25) is 14.5 Å². The van der Waals surface area contributed by atoms with E-state index in [1.54, 1.807) is 0 Å². The largest absolute Gasteiger partial charge is 0.466 e. The average Bonchev–Trinajstić information content (AvgIpc) is 3.15. The Hall–Kier alpha value is -1.88. The number of amides is 1. The third kappa shape index (κ3) is 4.60. The van der Waals surface area contributed by atoms with Crippen molar-refractivity contribution in [1.82, 2.24) is 9.80 Å². The fourth-order valence-corrected chi connectivity index (χ4v) is 3.71. The molecule has 136 valence electrons. The van der Waals surface area contributed by atoms with Crippen molar-refractivity contribution >= 4 is 11.9 Å². The molecule has 0 N–H and O–H groups in total. The average molecular weight is 344 g/mol. The van der Waals surface area contributed by atoms with Crippen molar-refractivity contribution in [3.05, 3.63) is 35.4 Å². The van der Waals surface area contributed by atoms with Crippen LogP contribution in [0.1, 0.15) is 48.5 Å². The Morgan fingerprint density at radius 1 is 1.04 bits per heavy atom. The summed E-state index contributed by atoms with van der Waals surface area (Å²) in [6.45, 7) is 6.81. The molecule has 2 aliphatic rings. The van der Waals surface area contributed by atoms with E-state index < -0.39 is 0 Å². The van der Waals surface area contributed by atoms with Crippen molar-refractivity contribution in [3.63, 3.8) is 0 Å². The summed E-state index contributed by atoms with van der Waals surface area (Å²) in [5, 5.41) is 0. The smallest absolute Gasteiger partial charge is 0.309 e. The Morgan fingerprint density at radius 3 is 2.28 bits per heavy atom. The summed E-state index contributed by atoms with van der Waals surface area (Å²) in [6.07, 6.45) is 3.96. The minimum absolute atomic E-state index is 0.0631. The maximum absolute atomic E-state index is 12.7. The maximum atomic E-state index is 12.7. The molecule has 0 spiro atoms. The van der Waals surface area contributed by atoms with Gasteiger partial charge in [-0.1, -0.05) is 12.1 Å². The topological polar surface area (TPSA) is 49.9 Å². The summed E-state index contributed by atoms with van der Waals surface area (Å²) >= 11 is 0. The summed E-state index contributed by atoms with van der Waals surface area (Å²) in [5.41, 5.74) is 2.00. The summed E-state index contributed by atoms with van der Waals surface area (Å²) < 4.78 is 5.08. The zero-order valence-electron chi connectivity index (χ0n) is 15.1. The van der Waals surface area contributed by atoms with Gasteiger partial charge in [0.05, 0.1) is 12.5 Å². The van der Waals surface area contributed by atoms with Crippen LogP contribution in [0.15, 0.2) is 24.3 Å². The van der Waals surface area contributed by atoms with Crippen LogP contribution in [0.5, 0.6) is 0 Å². The molecular formula is C20H28N2O3. The highest BCUT2D eigenvalue weighted by Crippen LogP contribution is 2.21. The first-order chi connectivity index (χ1) is 12.2. The van der Waals surface area contributed by atoms with Gasteiger partial charge in [0.15, 0.2) is 0 Å². The van der Waals surface area contributed by atoms with Crippen molar-refractivity contribution in [2.75, 3.05) is 32.8 Å². The Labute approximate surface area is 149 Å². The van der Waals surface area contributed by atoms with E-state index in [1.807, 2.05) is 24.0 Å². The zero-order valence-corrected chi connectivity index (χ0v) is 15.1. The SMILES string of the molecule is CCOC(=O)C1CCN(C(=O)c2ccc(CN3CCCC3)cc2)CC1. The minimum Gasteiger partial charge on any atom is -0.466 e. The van der Waals surface area contributed by atoms with Crippen LogP contribution in [-0.4, -0.2) is 54.5 Å². The lowest BCUT2D eigenvalue weighted by Gasteiger charge is -2.31. The molecule has 1 aromatic rings. The van der Waals surface area contributed by atoms with Crippen LogP contribution in [0.2, 0.25) is 0 Å². The van der Waals surface area contributed by atoms with Gasteiger partial charge in [0.25, 0.3) is 5.91 Å². The molecule has 2 fully saturated rings. The minimum atomic E-state index is -0.124. The Bertz CT molecular complexity index is 585. The van der Waals surface area contributed by atoms with Crippen molar-refractivity contribution in [2.45, 2.75) is 39.2 Å². The molecule has 5 nitrogen and oxygen atoms in total. The van der Waals surface area contributed by atoms with E-state index in [1.165, 1.54) is 31.5 Å². The van der Waals surface area contributed by atoms with E-state index in [4.69, 9.17) is 4.74 Å². The second-order valence-electron chi connectivity index (χ2n) is 7.00. The standard InChI is InChI=1S/C20H28N2O3/c1-2-25-20(24)18-9-13-22(14-10-18)19(23)17-7-5-16(6-8-17)15-21-11-3-4-12-21/h5-8,18H,2-4,9-15H2,1H3. The zero-order chi connectivity index (χ0) is 17.6. The monoisotopic (exact) mass is 344 g/mol. The van der Waals surface area contributed by atoms with Crippen LogP contribution in [0.25, 0.3) is 0 Å². The fraction of sp³-hybridized carbons (Fsp3) is 0.600. The Kier molecular flexibility index (Phi) is 6.08. The number of esters is 1. The molecule has 3 rings (SSSR count). The molecule has 25 heavy (non-hydrogen) atoms. The Morgan fingerprint density at radius 2 is 1.68 bits per heavy atom. The number of hydrogen-bond acceptors (Lipinski definition) is 4. The predicted octanol–water partition coefficient (Wildman–Crippen LogP) is 2.70. The molecule has 0 aromatic heterocycles. The molecule has 1 amide bonds. The molecule has 0 aliphatic carbocycles. The molecule has 0 unspecified atom stereocenters. The van der Waals surface area contributed by atoms with Crippen LogP contribution in [0.4, 0.5) is 0 Å². The third-order valence-electron chi connectivity index (χ3n) is 5.21. The molecule has 0 radical (unpaired) electrons. The van der Waals surface area contributed by atoms with Crippen LogP contribution < -0.4 is 0 Å². The van der Waals surface area contributed by atoms with E-state index in [0.717, 1.165) is 12.1 Å². The van der Waals surface area contributed by atoms with Gasteiger partial charge in [-0.05, 0) is 63.4 Å². The van der Waals surface area contributed by atoms with Crippen molar-refractivity contribution < 1.29 is 14.3 Å². The molecule has 0 atom stereocenters. The van der Waals surface area contributed by atoms with E-state index in [0.29, 0.717) is 32.5 Å². The number of ether oxygens (including phenoxy) is 1. The number of likely N-dealkylation sites (tertiary alicyclic amines) is 2. The van der Waals surface area contributed by atoms with E-state index in [2.05, 4.69) is 17.0 Å². The van der Waals surface area contributed by atoms with Gasteiger partial charge < -0.3 is 9.64 Å². The number of hydrogen-bond donors (Lipinski definition) is 0. The normalized spacial score (nSPS) is 19.2. The molecule has 2 saturated heterocycles. The van der Waals surface area contributed by atoms with Gasteiger partial charge in [-0.15, -0.1) is 0 Å². The number of nitrogens with zero attached hydrogens (tertiary/aromatic N) is 2.